The summed E-state index contributed by atoms with van der Waals surface area (Å²) in [6, 6.07) is 6.18. The Balaban J connectivity index is 2.84. The van der Waals surface area contributed by atoms with Crippen molar-refractivity contribution in [3.8, 4) is 17.6 Å². The zero-order chi connectivity index (χ0) is 15.5. The lowest BCUT2D eigenvalue weighted by molar-refractivity contribution is 0.275. The monoisotopic (exact) mass is 289 g/mol. The van der Waals surface area contributed by atoms with Crippen LogP contribution in [0.15, 0.2) is 18.2 Å². The Morgan fingerprint density at radius 2 is 2.10 bits per heavy atom. The third kappa shape index (κ3) is 6.20. The van der Waals surface area contributed by atoms with Gasteiger partial charge in [-0.2, -0.15) is 0 Å². The fourth-order valence-corrected chi connectivity index (χ4v) is 2.15. The highest BCUT2D eigenvalue weighted by molar-refractivity contribution is 5.48. The molecule has 0 unspecified atom stereocenters. The molecule has 1 rings (SSSR count). The zero-order valence-electron chi connectivity index (χ0n) is 13.5. The van der Waals surface area contributed by atoms with Gasteiger partial charge in [-0.25, -0.2) is 0 Å². The molecule has 0 heterocycles. The number of unbranched alkanes of at least 4 members (excludes halogenated alkanes) is 1. The second-order valence-corrected chi connectivity index (χ2v) is 5.03. The van der Waals surface area contributed by atoms with Gasteiger partial charge in [0.15, 0.2) is 0 Å². The van der Waals surface area contributed by atoms with E-state index >= 15 is 0 Å². The molecule has 0 fully saturated rings. The molecular formula is C18H27NO2. The molecule has 0 amide bonds. The smallest absolute Gasteiger partial charge is 0.134 e. The van der Waals surface area contributed by atoms with Gasteiger partial charge in [-0.05, 0) is 37.2 Å². The van der Waals surface area contributed by atoms with Crippen molar-refractivity contribution in [2.75, 3.05) is 26.8 Å². The number of hydrogen-bond acceptors (Lipinski definition) is 3. The number of hydrogen-bond donors (Lipinski definition) is 1. The van der Waals surface area contributed by atoms with Gasteiger partial charge >= 0.3 is 0 Å². The van der Waals surface area contributed by atoms with E-state index in [1.165, 1.54) is 18.4 Å². The molecule has 21 heavy (non-hydrogen) atoms. The van der Waals surface area contributed by atoms with E-state index < -0.39 is 0 Å². The molecule has 0 aromatic heterocycles. The number of aliphatic hydroxyl groups is 1. The van der Waals surface area contributed by atoms with Gasteiger partial charge in [-0.1, -0.05) is 38.2 Å². The standard InChI is InChI=1S/C18H27NO2/c1-4-6-12-19(5-2)15-16-10-11-18(21-3)17(14-16)9-7-8-13-20/h10-11,14,20H,4-6,8,12-13,15H2,1-3H3. The van der Waals surface area contributed by atoms with Crippen molar-refractivity contribution in [3.63, 3.8) is 0 Å². The van der Waals surface area contributed by atoms with Gasteiger partial charge < -0.3 is 9.84 Å². The minimum atomic E-state index is 0.0929. The van der Waals surface area contributed by atoms with Crippen molar-refractivity contribution < 1.29 is 9.84 Å². The highest BCUT2D eigenvalue weighted by Crippen LogP contribution is 2.20. The van der Waals surface area contributed by atoms with Crippen molar-refractivity contribution in [3.05, 3.63) is 29.3 Å². The summed E-state index contributed by atoms with van der Waals surface area (Å²) in [5.41, 5.74) is 2.15. The first-order chi connectivity index (χ1) is 10.2. The predicted octanol–water partition coefficient (Wildman–Crippen LogP) is 3.05. The molecule has 116 valence electrons. The molecule has 3 heteroatoms. The summed E-state index contributed by atoms with van der Waals surface area (Å²) in [5.74, 6) is 6.84. The maximum Gasteiger partial charge on any atom is 0.134 e. The van der Waals surface area contributed by atoms with E-state index in [2.05, 4.69) is 42.7 Å². The molecule has 0 bridgehead atoms. The number of rotatable bonds is 8. The number of ether oxygens (including phenoxy) is 1. The van der Waals surface area contributed by atoms with Crippen LogP contribution in [0.25, 0.3) is 0 Å². The molecular weight excluding hydrogens is 262 g/mol. The van der Waals surface area contributed by atoms with Gasteiger partial charge in [-0.3, -0.25) is 4.90 Å². The minimum absolute atomic E-state index is 0.0929. The van der Waals surface area contributed by atoms with E-state index in [0.717, 1.165) is 30.9 Å². The Bertz CT molecular complexity index is 474. The summed E-state index contributed by atoms with van der Waals surface area (Å²) in [7, 11) is 1.66. The van der Waals surface area contributed by atoms with Crippen molar-refractivity contribution in [2.45, 2.75) is 39.7 Å². The summed E-state index contributed by atoms with van der Waals surface area (Å²) < 4.78 is 5.35. The molecule has 0 radical (unpaired) electrons. The summed E-state index contributed by atoms with van der Waals surface area (Å²) in [5, 5.41) is 8.82. The van der Waals surface area contributed by atoms with Gasteiger partial charge in [0.1, 0.15) is 5.75 Å². The van der Waals surface area contributed by atoms with Crippen LogP contribution in [0.2, 0.25) is 0 Å². The average Bonchev–Trinajstić information content (AvgIpc) is 2.52. The van der Waals surface area contributed by atoms with Crippen molar-refractivity contribution in [1.29, 1.82) is 0 Å². The first kappa shape index (κ1) is 17.6. The first-order valence-electron chi connectivity index (χ1n) is 7.74. The van der Waals surface area contributed by atoms with E-state index in [1.54, 1.807) is 7.11 Å². The fraction of sp³-hybridized carbons (Fsp3) is 0.556. The number of methoxy groups -OCH3 is 1. The normalized spacial score (nSPS) is 10.3. The minimum Gasteiger partial charge on any atom is -0.495 e. The topological polar surface area (TPSA) is 32.7 Å². The van der Waals surface area contributed by atoms with Gasteiger partial charge in [0.2, 0.25) is 0 Å². The van der Waals surface area contributed by atoms with Crippen LogP contribution in [-0.4, -0.2) is 36.8 Å². The molecule has 0 spiro atoms. The maximum absolute atomic E-state index is 8.82. The molecule has 1 aromatic carbocycles. The van der Waals surface area contributed by atoms with Crippen LogP contribution in [0.1, 0.15) is 44.2 Å². The van der Waals surface area contributed by atoms with Crippen LogP contribution in [0.4, 0.5) is 0 Å². The van der Waals surface area contributed by atoms with Crippen LogP contribution in [0.5, 0.6) is 5.75 Å². The summed E-state index contributed by atoms with van der Waals surface area (Å²) in [6.45, 7) is 7.63. The average molecular weight is 289 g/mol. The van der Waals surface area contributed by atoms with E-state index in [4.69, 9.17) is 9.84 Å². The second-order valence-electron chi connectivity index (χ2n) is 5.03. The molecule has 0 aliphatic carbocycles. The quantitative estimate of drug-likeness (QED) is 0.747. The molecule has 1 N–H and O–H groups in total. The Kier molecular flexibility index (Phi) is 8.57. The Hall–Kier alpha value is -1.50. The number of benzene rings is 1. The SMILES string of the molecule is CCCCN(CC)Cc1ccc(OC)c(C#CCCO)c1. The number of aliphatic hydroxyl groups excluding tert-OH is 1. The largest absolute Gasteiger partial charge is 0.495 e. The zero-order valence-corrected chi connectivity index (χ0v) is 13.5. The highest BCUT2D eigenvalue weighted by Gasteiger charge is 2.06. The van der Waals surface area contributed by atoms with Crippen LogP contribution in [0.3, 0.4) is 0 Å². The molecule has 1 aromatic rings. The lowest BCUT2D eigenvalue weighted by Gasteiger charge is -2.20. The van der Waals surface area contributed by atoms with Crippen molar-refractivity contribution in [1.82, 2.24) is 4.90 Å². The van der Waals surface area contributed by atoms with Crippen LogP contribution in [0, 0.1) is 11.8 Å². The Morgan fingerprint density at radius 3 is 2.71 bits per heavy atom. The third-order valence-corrected chi connectivity index (χ3v) is 3.41. The number of nitrogens with zero attached hydrogens (tertiary/aromatic N) is 1. The third-order valence-electron chi connectivity index (χ3n) is 3.41. The van der Waals surface area contributed by atoms with Gasteiger partial charge in [0, 0.05) is 13.0 Å². The Labute approximate surface area is 128 Å². The van der Waals surface area contributed by atoms with Crippen LogP contribution in [-0.2, 0) is 6.54 Å². The highest BCUT2D eigenvalue weighted by atomic mass is 16.5. The Morgan fingerprint density at radius 1 is 1.29 bits per heavy atom. The lowest BCUT2D eigenvalue weighted by atomic mass is 10.1. The molecule has 0 aliphatic rings. The first-order valence-corrected chi connectivity index (χ1v) is 7.74. The van der Waals surface area contributed by atoms with E-state index in [9.17, 15) is 0 Å². The second kappa shape index (κ2) is 10.3. The fourth-order valence-electron chi connectivity index (χ4n) is 2.15. The van der Waals surface area contributed by atoms with Crippen LogP contribution < -0.4 is 4.74 Å². The van der Waals surface area contributed by atoms with Crippen LogP contribution >= 0.6 is 0 Å². The maximum atomic E-state index is 8.82. The lowest BCUT2D eigenvalue weighted by Crippen LogP contribution is -2.23. The molecule has 0 saturated carbocycles. The molecule has 0 aliphatic heterocycles. The summed E-state index contributed by atoms with van der Waals surface area (Å²) in [6.07, 6.45) is 2.94. The predicted molar refractivity (Wildman–Crippen MR) is 87.4 cm³/mol. The van der Waals surface area contributed by atoms with E-state index in [-0.39, 0.29) is 6.61 Å². The summed E-state index contributed by atoms with van der Waals surface area (Å²) in [4.78, 5) is 2.44. The molecule has 0 atom stereocenters. The summed E-state index contributed by atoms with van der Waals surface area (Å²) >= 11 is 0. The van der Waals surface area contributed by atoms with E-state index in [0.29, 0.717) is 6.42 Å². The van der Waals surface area contributed by atoms with Gasteiger partial charge in [0.25, 0.3) is 0 Å². The molecule has 0 saturated heterocycles. The van der Waals surface area contributed by atoms with E-state index in [1.807, 2.05) is 6.07 Å². The van der Waals surface area contributed by atoms with Crippen molar-refractivity contribution >= 4 is 0 Å². The van der Waals surface area contributed by atoms with Gasteiger partial charge in [-0.15, -0.1) is 0 Å². The molecule has 3 nitrogen and oxygen atoms in total. The van der Waals surface area contributed by atoms with Crippen molar-refractivity contribution in [2.24, 2.45) is 0 Å². The van der Waals surface area contributed by atoms with Gasteiger partial charge in [0.05, 0.1) is 19.3 Å².